The number of nitrogens with zero attached hydrogens (tertiary/aromatic N) is 3. The van der Waals surface area contributed by atoms with Gasteiger partial charge in [-0.2, -0.15) is 0 Å². The maximum atomic E-state index is 13.9. The molecule has 0 atom stereocenters. The van der Waals surface area contributed by atoms with Crippen LogP contribution in [-0.4, -0.2) is 32.4 Å². The Balaban J connectivity index is 1.72. The first kappa shape index (κ1) is 19.8. The normalized spacial score (nSPS) is 11.0. The Morgan fingerprint density at radius 3 is 2.87 bits per heavy atom. The van der Waals surface area contributed by atoms with E-state index in [0.29, 0.717) is 57.2 Å². The summed E-state index contributed by atoms with van der Waals surface area (Å²) in [6, 6.07) is 7.85. The van der Waals surface area contributed by atoms with Crippen LogP contribution in [0.15, 0.2) is 43.0 Å². The molecular weight excluding hydrogens is 407 g/mol. The number of imidazole rings is 1. The number of rotatable bonds is 6. The molecule has 0 saturated heterocycles. The molecule has 0 aliphatic carbocycles. The number of hydrogen-bond acceptors (Lipinski definition) is 5. The summed E-state index contributed by atoms with van der Waals surface area (Å²) in [5.74, 6) is -0.430. The van der Waals surface area contributed by atoms with Crippen molar-refractivity contribution in [2.75, 3.05) is 11.9 Å². The molecule has 1 amide bonds. The topological polar surface area (TPSA) is 110 Å². The summed E-state index contributed by atoms with van der Waals surface area (Å²) in [6.45, 7) is 2.20. The zero-order chi connectivity index (χ0) is 21.3. The van der Waals surface area contributed by atoms with Crippen molar-refractivity contribution in [1.82, 2.24) is 19.9 Å². The van der Waals surface area contributed by atoms with Crippen LogP contribution in [0.5, 0.6) is 0 Å². The number of benzene rings is 2. The molecule has 4 aromatic rings. The fourth-order valence-electron chi connectivity index (χ4n) is 3.49. The highest BCUT2D eigenvalue weighted by atomic mass is 35.5. The lowest BCUT2D eigenvalue weighted by atomic mass is 9.89. The van der Waals surface area contributed by atoms with E-state index in [4.69, 9.17) is 17.3 Å². The van der Waals surface area contributed by atoms with Gasteiger partial charge in [0.1, 0.15) is 17.7 Å². The van der Waals surface area contributed by atoms with Gasteiger partial charge in [-0.05, 0) is 53.8 Å². The van der Waals surface area contributed by atoms with Crippen LogP contribution >= 0.6 is 11.6 Å². The molecule has 152 valence electrons. The van der Waals surface area contributed by atoms with Crippen LogP contribution in [0.25, 0.3) is 22.3 Å². The van der Waals surface area contributed by atoms with Crippen LogP contribution in [0, 0.1) is 12.7 Å². The first-order valence-corrected chi connectivity index (χ1v) is 9.59. The SMILES string of the molecule is Cc1c(Cl)cc(CCNc2ncnc3[nH]cnc23)c(-c2cccc(F)c2)c1C(N)=O. The van der Waals surface area contributed by atoms with Crippen molar-refractivity contribution in [3.05, 3.63) is 70.5 Å². The molecule has 2 aromatic carbocycles. The first-order chi connectivity index (χ1) is 14.5. The minimum atomic E-state index is -0.613. The molecule has 0 radical (unpaired) electrons. The molecular formula is C21H18ClFN6O. The number of halogens is 2. The lowest BCUT2D eigenvalue weighted by Crippen LogP contribution is -2.17. The maximum absolute atomic E-state index is 13.9. The predicted octanol–water partition coefficient (Wildman–Crippen LogP) is 3.87. The molecule has 0 bridgehead atoms. The quantitative estimate of drug-likeness (QED) is 0.435. The molecule has 0 spiro atoms. The lowest BCUT2D eigenvalue weighted by Gasteiger charge is -2.18. The van der Waals surface area contributed by atoms with E-state index in [1.54, 1.807) is 31.5 Å². The highest BCUT2D eigenvalue weighted by Gasteiger charge is 2.20. The van der Waals surface area contributed by atoms with Crippen molar-refractivity contribution >= 4 is 34.5 Å². The van der Waals surface area contributed by atoms with E-state index in [1.807, 2.05) is 0 Å². The molecule has 0 aliphatic heterocycles. The minimum absolute atomic E-state index is 0.292. The Bertz CT molecular complexity index is 1260. The average molecular weight is 425 g/mol. The van der Waals surface area contributed by atoms with Crippen LogP contribution in [0.4, 0.5) is 10.2 Å². The number of carbonyl (C=O) groups is 1. The summed E-state index contributed by atoms with van der Waals surface area (Å²) in [6.07, 6.45) is 3.47. The molecule has 4 rings (SSSR count). The molecule has 0 saturated carbocycles. The van der Waals surface area contributed by atoms with Crippen LogP contribution in [0.1, 0.15) is 21.5 Å². The second kappa shape index (κ2) is 8.08. The second-order valence-electron chi connectivity index (χ2n) is 6.77. The molecule has 30 heavy (non-hydrogen) atoms. The molecule has 0 aliphatic rings. The van der Waals surface area contributed by atoms with Crippen molar-refractivity contribution in [3.8, 4) is 11.1 Å². The Hall–Kier alpha value is -3.52. The number of hydrogen-bond donors (Lipinski definition) is 3. The van der Waals surface area contributed by atoms with Crippen LogP contribution in [0.3, 0.4) is 0 Å². The highest BCUT2D eigenvalue weighted by molar-refractivity contribution is 6.32. The fourth-order valence-corrected chi connectivity index (χ4v) is 3.72. The number of aromatic amines is 1. The smallest absolute Gasteiger partial charge is 0.249 e. The van der Waals surface area contributed by atoms with Gasteiger partial charge in [0.25, 0.3) is 0 Å². The molecule has 2 aromatic heterocycles. The number of nitrogens with one attached hydrogen (secondary N) is 2. The van der Waals surface area contributed by atoms with Gasteiger partial charge in [0.05, 0.1) is 11.9 Å². The van der Waals surface area contributed by atoms with Crippen molar-refractivity contribution in [1.29, 1.82) is 0 Å². The number of primary amides is 1. The molecule has 9 heteroatoms. The summed E-state index contributed by atoms with van der Waals surface area (Å²) in [7, 11) is 0. The average Bonchev–Trinajstić information content (AvgIpc) is 3.19. The van der Waals surface area contributed by atoms with Crippen molar-refractivity contribution in [3.63, 3.8) is 0 Å². The Morgan fingerprint density at radius 1 is 1.27 bits per heavy atom. The summed E-state index contributed by atoms with van der Waals surface area (Å²) in [4.78, 5) is 27.7. The predicted molar refractivity (Wildman–Crippen MR) is 114 cm³/mol. The lowest BCUT2D eigenvalue weighted by molar-refractivity contribution is 0.1000. The largest absolute Gasteiger partial charge is 0.368 e. The number of fused-ring (bicyclic) bond motifs is 1. The van der Waals surface area contributed by atoms with E-state index in [1.165, 1.54) is 18.5 Å². The van der Waals surface area contributed by atoms with Gasteiger partial charge in [-0.1, -0.05) is 23.7 Å². The van der Waals surface area contributed by atoms with E-state index in [9.17, 15) is 9.18 Å². The number of nitrogens with two attached hydrogens (primary N) is 1. The third kappa shape index (κ3) is 3.69. The van der Waals surface area contributed by atoms with Crippen molar-refractivity contribution in [2.24, 2.45) is 5.73 Å². The number of carbonyl (C=O) groups excluding carboxylic acids is 1. The van der Waals surface area contributed by atoms with Gasteiger partial charge in [-0.25, -0.2) is 19.3 Å². The van der Waals surface area contributed by atoms with Gasteiger partial charge in [-0.3, -0.25) is 4.79 Å². The van der Waals surface area contributed by atoms with Gasteiger partial charge >= 0.3 is 0 Å². The van der Waals surface area contributed by atoms with Gasteiger partial charge in [0.2, 0.25) is 5.91 Å². The Labute approximate surface area is 176 Å². The highest BCUT2D eigenvalue weighted by Crippen LogP contribution is 2.35. The van der Waals surface area contributed by atoms with Crippen LogP contribution in [0.2, 0.25) is 5.02 Å². The standard InChI is InChI=1S/C21H18ClFN6O/c1-11-15(22)8-13(5-6-25-20-18-21(27-9-26-18)29-10-28-20)17(16(11)19(24)30)12-3-2-4-14(23)7-12/h2-4,7-10H,5-6H2,1H3,(H2,24,30)(H2,25,26,27,28,29). The number of amides is 1. The zero-order valence-corrected chi connectivity index (χ0v) is 16.8. The van der Waals surface area contributed by atoms with Gasteiger partial charge < -0.3 is 16.0 Å². The Morgan fingerprint density at radius 2 is 2.10 bits per heavy atom. The van der Waals surface area contributed by atoms with Crippen LogP contribution < -0.4 is 11.1 Å². The molecule has 0 fully saturated rings. The minimum Gasteiger partial charge on any atom is -0.368 e. The van der Waals surface area contributed by atoms with Crippen LogP contribution in [-0.2, 0) is 6.42 Å². The molecule has 2 heterocycles. The molecule has 4 N–H and O–H groups in total. The zero-order valence-electron chi connectivity index (χ0n) is 16.0. The molecule has 7 nitrogen and oxygen atoms in total. The van der Waals surface area contributed by atoms with E-state index < -0.39 is 11.7 Å². The monoisotopic (exact) mass is 424 g/mol. The van der Waals surface area contributed by atoms with E-state index in [-0.39, 0.29) is 0 Å². The second-order valence-corrected chi connectivity index (χ2v) is 7.17. The summed E-state index contributed by atoms with van der Waals surface area (Å²) in [5.41, 5.74) is 9.69. The molecule has 0 unspecified atom stereocenters. The Kier molecular flexibility index (Phi) is 5.33. The summed E-state index contributed by atoms with van der Waals surface area (Å²) < 4.78 is 13.9. The van der Waals surface area contributed by atoms with E-state index in [2.05, 4.69) is 25.3 Å². The van der Waals surface area contributed by atoms with E-state index >= 15 is 0 Å². The van der Waals surface area contributed by atoms with Gasteiger partial charge in [0, 0.05) is 11.6 Å². The van der Waals surface area contributed by atoms with Crippen molar-refractivity contribution < 1.29 is 9.18 Å². The first-order valence-electron chi connectivity index (χ1n) is 9.21. The number of aromatic nitrogens is 4. The summed E-state index contributed by atoms with van der Waals surface area (Å²) in [5, 5.41) is 3.65. The maximum Gasteiger partial charge on any atom is 0.249 e. The van der Waals surface area contributed by atoms with Gasteiger partial charge in [-0.15, -0.1) is 0 Å². The third-order valence-electron chi connectivity index (χ3n) is 4.87. The van der Waals surface area contributed by atoms with Crippen molar-refractivity contribution in [2.45, 2.75) is 13.3 Å². The van der Waals surface area contributed by atoms with E-state index in [0.717, 1.165) is 5.56 Å². The number of anilines is 1. The summed E-state index contributed by atoms with van der Waals surface area (Å²) >= 11 is 6.38. The number of H-pyrrole nitrogens is 1. The third-order valence-corrected chi connectivity index (χ3v) is 5.26. The fraction of sp³-hybridized carbons (Fsp3) is 0.143. The van der Waals surface area contributed by atoms with Gasteiger partial charge in [0.15, 0.2) is 11.5 Å².